The van der Waals surface area contributed by atoms with Crippen molar-refractivity contribution in [1.82, 2.24) is 0 Å². The Kier molecular flexibility index (Phi) is 3.55. The van der Waals surface area contributed by atoms with Gasteiger partial charge in [-0.1, -0.05) is 34.8 Å². The molecule has 3 heteroatoms. The van der Waals surface area contributed by atoms with Crippen molar-refractivity contribution in [2.24, 2.45) is 5.41 Å². The van der Waals surface area contributed by atoms with Crippen LogP contribution < -0.4 is 0 Å². The summed E-state index contributed by atoms with van der Waals surface area (Å²) in [5.74, 6) is 0.328. The van der Waals surface area contributed by atoms with Crippen LogP contribution in [0.15, 0.2) is 22.7 Å². The molecule has 0 aliphatic heterocycles. The Morgan fingerprint density at radius 1 is 1.25 bits per heavy atom. The Morgan fingerprint density at radius 3 is 2.50 bits per heavy atom. The van der Waals surface area contributed by atoms with E-state index in [-0.39, 0.29) is 12.0 Å². The number of aliphatic hydroxyl groups excluding tert-OH is 1. The third-order valence-corrected chi connectivity index (χ3v) is 4.11. The second kappa shape index (κ2) is 4.76. The van der Waals surface area contributed by atoms with Crippen LogP contribution in [0.25, 0.3) is 0 Å². The number of phenols is 1. The molecule has 2 rings (SSSR count). The summed E-state index contributed by atoms with van der Waals surface area (Å²) in [4.78, 5) is 0. The lowest BCUT2D eigenvalue weighted by Gasteiger charge is -2.26. The SMILES string of the molecule is OCC1(Cc2ccc(Br)cc2O)CCCC1. The summed E-state index contributed by atoms with van der Waals surface area (Å²) in [6.45, 7) is 0.225. The van der Waals surface area contributed by atoms with E-state index in [0.29, 0.717) is 5.75 Å². The summed E-state index contributed by atoms with van der Waals surface area (Å²) in [5.41, 5.74) is 0.949. The maximum atomic E-state index is 9.85. The van der Waals surface area contributed by atoms with E-state index in [4.69, 9.17) is 0 Å². The molecule has 0 spiro atoms. The van der Waals surface area contributed by atoms with Crippen LogP contribution in [0.3, 0.4) is 0 Å². The van der Waals surface area contributed by atoms with E-state index in [0.717, 1.165) is 29.3 Å². The molecule has 1 saturated carbocycles. The van der Waals surface area contributed by atoms with E-state index in [2.05, 4.69) is 15.9 Å². The van der Waals surface area contributed by atoms with Gasteiger partial charge in [-0.25, -0.2) is 0 Å². The van der Waals surface area contributed by atoms with E-state index < -0.39 is 0 Å². The van der Waals surface area contributed by atoms with Crippen LogP contribution in [0, 0.1) is 5.41 Å². The molecule has 0 heterocycles. The first-order valence-electron chi connectivity index (χ1n) is 5.73. The van der Waals surface area contributed by atoms with Crippen LogP contribution in [0.2, 0.25) is 0 Å². The molecule has 0 bridgehead atoms. The molecule has 1 aliphatic carbocycles. The van der Waals surface area contributed by atoms with E-state index in [1.54, 1.807) is 6.07 Å². The Hall–Kier alpha value is -0.540. The predicted octanol–water partition coefficient (Wildman–Crippen LogP) is 3.25. The van der Waals surface area contributed by atoms with Crippen LogP contribution in [0.4, 0.5) is 0 Å². The number of halogens is 1. The zero-order chi connectivity index (χ0) is 11.6. The number of hydrogen-bond donors (Lipinski definition) is 2. The van der Waals surface area contributed by atoms with E-state index in [9.17, 15) is 10.2 Å². The highest BCUT2D eigenvalue weighted by Crippen LogP contribution is 2.42. The largest absolute Gasteiger partial charge is 0.508 e. The lowest BCUT2D eigenvalue weighted by Crippen LogP contribution is -2.24. The van der Waals surface area contributed by atoms with Crippen molar-refractivity contribution >= 4 is 15.9 Å². The first-order valence-corrected chi connectivity index (χ1v) is 6.53. The lowest BCUT2D eigenvalue weighted by atomic mass is 9.80. The standard InChI is InChI=1S/C13H17BrO2/c14-11-4-3-10(12(16)7-11)8-13(9-15)5-1-2-6-13/h3-4,7,15-16H,1-2,5-6,8-9H2. The predicted molar refractivity (Wildman–Crippen MR) is 67.5 cm³/mol. The van der Waals surface area contributed by atoms with Crippen LogP contribution in [-0.2, 0) is 6.42 Å². The van der Waals surface area contributed by atoms with Crippen molar-refractivity contribution in [3.63, 3.8) is 0 Å². The fourth-order valence-corrected chi connectivity index (χ4v) is 2.96. The van der Waals surface area contributed by atoms with Gasteiger partial charge in [0, 0.05) is 11.1 Å². The highest BCUT2D eigenvalue weighted by molar-refractivity contribution is 9.10. The van der Waals surface area contributed by atoms with Crippen molar-refractivity contribution in [2.45, 2.75) is 32.1 Å². The maximum absolute atomic E-state index is 9.85. The zero-order valence-corrected chi connectivity index (χ0v) is 10.8. The zero-order valence-electron chi connectivity index (χ0n) is 9.25. The first-order chi connectivity index (χ1) is 7.65. The van der Waals surface area contributed by atoms with Crippen LogP contribution in [0.1, 0.15) is 31.2 Å². The number of hydrogen-bond acceptors (Lipinski definition) is 2. The number of benzene rings is 1. The minimum absolute atomic E-state index is 0.00527. The topological polar surface area (TPSA) is 40.5 Å². The average Bonchev–Trinajstić information content (AvgIpc) is 2.72. The first kappa shape index (κ1) is 11.9. The van der Waals surface area contributed by atoms with Gasteiger partial charge in [0.25, 0.3) is 0 Å². The summed E-state index contributed by atoms with van der Waals surface area (Å²) in [6, 6.07) is 5.60. The lowest BCUT2D eigenvalue weighted by molar-refractivity contribution is 0.129. The fourth-order valence-electron chi connectivity index (χ4n) is 2.61. The van der Waals surface area contributed by atoms with E-state index >= 15 is 0 Å². The smallest absolute Gasteiger partial charge is 0.119 e. The molecule has 1 aliphatic rings. The number of rotatable bonds is 3. The normalized spacial score (nSPS) is 18.9. The molecule has 1 aromatic rings. The van der Waals surface area contributed by atoms with Gasteiger partial charge in [0.15, 0.2) is 0 Å². The molecule has 2 N–H and O–H groups in total. The summed E-state index contributed by atoms with van der Waals surface area (Å²) in [6.07, 6.45) is 5.30. The molecule has 2 nitrogen and oxygen atoms in total. The highest BCUT2D eigenvalue weighted by atomic mass is 79.9. The molecule has 0 aromatic heterocycles. The van der Waals surface area contributed by atoms with Gasteiger partial charge >= 0.3 is 0 Å². The van der Waals surface area contributed by atoms with Gasteiger partial charge in [-0.2, -0.15) is 0 Å². The third-order valence-electron chi connectivity index (χ3n) is 3.61. The quantitative estimate of drug-likeness (QED) is 0.895. The van der Waals surface area contributed by atoms with Gasteiger partial charge in [0.2, 0.25) is 0 Å². The molecule has 0 unspecified atom stereocenters. The Bertz CT molecular complexity index is 370. The Morgan fingerprint density at radius 2 is 1.94 bits per heavy atom. The fraction of sp³-hybridized carbons (Fsp3) is 0.538. The van der Waals surface area contributed by atoms with E-state index in [1.165, 1.54) is 12.8 Å². The summed E-state index contributed by atoms with van der Waals surface area (Å²) >= 11 is 3.33. The summed E-state index contributed by atoms with van der Waals surface area (Å²) < 4.78 is 0.887. The Labute approximate surface area is 104 Å². The van der Waals surface area contributed by atoms with Crippen LogP contribution in [-0.4, -0.2) is 16.8 Å². The molecule has 0 radical (unpaired) electrons. The maximum Gasteiger partial charge on any atom is 0.119 e. The van der Waals surface area contributed by atoms with Gasteiger partial charge in [-0.3, -0.25) is 0 Å². The summed E-state index contributed by atoms with van der Waals surface area (Å²) in [7, 11) is 0. The highest BCUT2D eigenvalue weighted by Gasteiger charge is 2.33. The van der Waals surface area contributed by atoms with Crippen molar-refractivity contribution in [2.75, 3.05) is 6.61 Å². The summed E-state index contributed by atoms with van der Waals surface area (Å²) in [5, 5.41) is 19.4. The molecular formula is C13H17BrO2. The van der Waals surface area contributed by atoms with Gasteiger partial charge in [0.1, 0.15) is 5.75 Å². The second-order valence-electron chi connectivity index (χ2n) is 4.82. The number of phenolic OH excluding ortho intramolecular Hbond substituents is 1. The van der Waals surface area contributed by atoms with Gasteiger partial charge < -0.3 is 10.2 Å². The molecular weight excluding hydrogens is 268 g/mol. The molecule has 0 amide bonds. The monoisotopic (exact) mass is 284 g/mol. The molecule has 1 fully saturated rings. The molecule has 0 saturated heterocycles. The number of aliphatic hydroxyl groups is 1. The van der Waals surface area contributed by atoms with Gasteiger partial charge in [-0.05, 0) is 42.4 Å². The van der Waals surface area contributed by atoms with Crippen molar-refractivity contribution < 1.29 is 10.2 Å². The second-order valence-corrected chi connectivity index (χ2v) is 5.73. The Balaban J connectivity index is 2.19. The van der Waals surface area contributed by atoms with Gasteiger partial charge in [-0.15, -0.1) is 0 Å². The van der Waals surface area contributed by atoms with Crippen molar-refractivity contribution in [3.05, 3.63) is 28.2 Å². The van der Waals surface area contributed by atoms with Crippen molar-refractivity contribution in [3.8, 4) is 5.75 Å². The third kappa shape index (κ3) is 2.41. The van der Waals surface area contributed by atoms with E-state index in [1.807, 2.05) is 12.1 Å². The van der Waals surface area contributed by atoms with Crippen molar-refractivity contribution in [1.29, 1.82) is 0 Å². The molecule has 0 atom stereocenters. The minimum Gasteiger partial charge on any atom is -0.508 e. The number of aromatic hydroxyl groups is 1. The van der Waals surface area contributed by atoms with Crippen LogP contribution in [0.5, 0.6) is 5.75 Å². The molecule has 88 valence electrons. The average molecular weight is 285 g/mol. The van der Waals surface area contributed by atoms with Crippen LogP contribution >= 0.6 is 15.9 Å². The molecule has 1 aromatic carbocycles. The van der Waals surface area contributed by atoms with Gasteiger partial charge in [0.05, 0.1) is 0 Å². The molecule has 16 heavy (non-hydrogen) atoms. The minimum atomic E-state index is 0.00527.